The Bertz CT molecular complexity index is 964. The number of benzene rings is 2. The van der Waals surface area contributed by atoms with Gasteiger partial charge >= 0.3 is 0 Å². The molecule has 0 aliphatic rings. The average Bonchev–Trinajstić information content (AvgIpc) is 2.61. The molecule has 136 valence electrons. The van der Waals surface area contributed by atoms with Crippen LogP contribution in [0.5, 0.6) is 0 Å². The molecule has 1 heterocycles. The molecule has 0 spiro atoms. The van der Waals surface area contributed by atoms with Gasteiger partial charge in [-0.05, 0) is 44.0 Å². The topological polar surface area (TPSA) is 57.1 Å². The first kappa shape index (κ1) is 18.5. The van der Waals surface area contributed by atoms with Crippen LogP contribution in [0.25, 0.3) is 10.9 Å². The summed E-state index contributed by atoms with van der Waals surface area (Å²) in [5, 5.41) is 1.01. The summed E-state index contributed by atoms with van der Waals surface area (Å²) in [6.45, 7) is 6.73. The Morgan fingerprint density at radius 1 is 1.08 bits per heavy atom. The number of aryl methyl sites for hydroxylation is 3. The SMILES string of the molecule is CCCn1c(=O)cc(C)c2cc(N[S+]([O-])Cc3ccc(C)cc3)ccc21. The van der Waals surface area contributed by atoms with Crippen LogP contribution in [0.3, 0.4) is 0 Å². The van der Waals surface area contributed by atoms with E-state index in [1.807, 2.05) is 56.3 Å². The highest BCUT2D eigenvalue weighted by Gasteiger charge is 2.11. The molecule has 0 amide bonds. The van der Waals surface area contributed by atoms with Crippen molar-refractivity contribution in [2.75, 3.05) is 4.72 Å². The third-order valence-electron chi connectivity index (χ3n) is 4.42. The fourth-order valence-corrected chi connectivity index (χ4v) is 4.03. The minimum Gasteiger partial charge on any atom is -0.593 e. The van der Waals surface area contributed by atoms with Gasteiger partial charge < -0.3 is 9.12 Å². The molecule has 5 heteroatoms. The number of aromatic nitrogens is 1. The molecular weight excluding hydrogens is 344 g/mol. The molecule has 26 heavy (non-hydrogen) atoms. The van der Waals surface area contributed by atoms with E-state index in [0.29, 0.717) is 12.3 Å². The van der Waals surface area contributed by atoms with Crippen molar-refractivity contribution in [3.63, 3.8) is 0 Å². The molecule has 0 aliphatic carbocycles. The number of fused-ring (bicyclic) bond motifs is 1. The van der Waals surface area contributed by atoms with Crippen LogP contribution in [0.1, 0.15) is 30.0 Å². The van der Waals surface area contributed by atoms with Gasteiger partial charge in [-0.25, -0.2) is 4.72 Å². The lowest BCUT2D eigenvalue weighted by molar-refractivity contribution is 0.599. The van der Waals surface area contributed by atoms with Gasteiger partial charge in [-0.1, -0.05) is 36.8 Å². The monoisotopic (exact) mass is 368 g/mol. The second-order valence-electron chi connectivity index (χ2n) is 6.63. The number of nitrogens with one attached hydrogen (secondary N) is 1. The zero-order chi connectivity index (χ0) is 18.7. The minimum absolute atomic E-state index is 0.0282. The van der Waals surface area contributed by atoms with Crippen LogP contribution in [0.2, 0.25) is 0 Å². The fraction of sp³-hybridized carbons (Fsp3) is 0.286. The first-order valence-electron chi connectivity index (χ1n) is 8.82. The van der Waals surface area contributed by atoms with Crippen LogP contribution in [-0.4, -0.2) is 9.12 Å². The summed E-state index contributed by atoms with van der Waals surface area (Å²) in [6, 6.07) is 15.5. The van der Waals surface area contributed by atoms with Crippen molar-refractivity contribution in [2.45, 2.75) is 39.5 Å². The van der Waals surface area contributed by atoms with Gasteiger partial charge in [0.05, 0.1) is 22.6 Å². The Hall–Kier alpha value is -2.24. The number of hydrogen-bond acceptors (Lipinski definition) is 3. The molecular formula is C21H24N2O2S. The summed E-state index contributed by atoms with van der Waals surface area (Å²) in [6.07, 6.45) is 0.901. The Kier molecular flexibility index (Phi) is 5.69. The van der Waals surface area contributed by atoms with Crippen molar-refractivity contribution < 1.29 is 4.55 Å². The van der Waals surface area contributed by atoms with Gasteiger partial charge in [0.15, 0.2) is 5.75 Å². The van der Waals surface area contributed by atoms with Crippen LogP contribution in [-0.2, 0) is 23.7 Å². The van der Waals surface area contributed by atoms with E-state index < -0.39 is 11.4 Å². The van der Waals surface area contributed by atoms with Gasteiger partial charge in [-0.3, -0.25) is 4.79 Å². The van der Waals surface area contributed by atoms with E-state index >= 15 is 0 Å². The number of nitrogens with zero attached hydrogens (tertiary/aromatic N) is 1. The van der Waals surface area contributed by atoms with Crippen molar-refractivity contribution in [1.82, 2.24) is 4.57 Å². The highest BCUT2D eigenvalue weighted by atomic mass is 32.2. The molecule has 1 N–H and O–H groups in total. The largest absolute Gasteiger partial charge is 0.593 e. The molecule has 3 aromatic rings. The molecule has 0 aliphatic heterocycles. The van der Waals surface area contributed by atoms with Gasteiger partial charge in [0.1, 0.15) is 0 Å². The highest BCUT2D eigenvalue weighted by molar-refractivity contribution is 7.91. The number of hydrogen-bond donors (Lipinski definition) is 1. The van der Waals surface area contributed by atoms with Gasteiger partial charge in [-0.2, -0.15) is 0 Å². The second-order valence-corrected chi connectivity index (χ2v) is 7.81. The van der Waals surface area contributed by atoms with E-state index in [2.05, 4.69) is 11.6 Å². The summed E-state index contributed by atoms with van der Waals surface area (Å²) in [5.41, 5.74) is 4.91. The molecule has 2 aromatic carbocycles. The first-order valence-corrected chi connectivity index (χ1v) is 10.1. The van der Waals surface area contributed by atoms with Gasteiger partial charge in [-0.15, -0.1) is 0 Å². The third kappa shape index (κ3) is 4.11. The molecule has 0 saturated carbocycles. The number of rotatable bonds is 6. The van der Waals surface area contributed by atoms with Crippen LogP contribution < -0.4 is 10.3 Å². The zero-order valence-corrected chi connectivity index (χ0v) is 16.2. The molecule has 1 atom stereocenters. The summed E-state index contributed by atoms with van der Waals surface area (Å²) in [5.74, 6) is 0.451. The van der Waals surface area contributed by atoms with Crippen LogP contribution in [0, 0.1) is 13.8 Å². The van der Waals surface area contributed by atoms with Crippen molar-refractivity contribution in [3.05, 3.63) is 75.6 Å². The maximum Gasteiger partial charge on any atom is 0.251 e. The maximum absolute atomic E-state index is 12.5. The first-order chi connectivity index (χ1) is 12.5. The number of pyridine rings is 1. The van der Waals surface area contributed by atoms with E-state index in [4.69, 9.17) is 0 Å². The van der Waals surface area contributed by atoms with E-state index in [1.165, 1.54) is 5.56 Å². The molecule has 0 radical (unpaired) electrons. The lowest BCUT2D eigenvalue weighted by Crippen LogP contribution is -2.20. The van der Waals surface area contributed by atoms with Crippen LogP contribution in [0.4, 0.5) is 5.69 Å². The number of anilines is 1. The molecule has 0 fully saturated rings. The Labute approximate surface area is 157 Å². The normalized spacial score (nSPS) is 12.3. The zero-order valence-electron chi connectivity index (χ0n) is 15.4. The van der Waals surface area contributed by atoms with E-state index in [-0.39, 0.29) is 5.56 Å². The van der Waals surface area contributed by atoms with Crippen LogP contribution in [0.15, 0.2) is 53.3 Å². The summed E-state index contributed by atoms with van der Waals surface area (Å²) < 4.78 is 17.3. The molecule has 1 aromatic heterocycles. The van der Waals surface area contributed by atoms with Crippen LogP contribution >= 0.6 is 0 Å². The summed E-state index contributed by atoms with van der Waals surface area (Å²) in [4.78, 5) is 12.2. The van der Waals surface area contributed by atoms with Crippen molar-refractivity contribution in [2.24, 2.45) is 0 Å². The molecule has 1 unspecified atom stereocenters. The highest BCUT2D eigenvalue weighted by Crippen LogP contribution is 2.23. The molecule has 4 nitrogen and oxygen atoms in total. The average molecular weight is 369 g/mol. The molecule has 0 bridgehead atoms. The van der Waals surface area contributed by atoms with Gasteiger partial charge in [0.2, 0.25) is 0 Å². The second kappa shape index (κ2) is 7.98. The van der Waals surface area contributed by atoms with E-state index in [1.54, 1.807) is 10.6 Å². The van der Waals surface area contributed by atoms with Gasteiger partial charge in [0.25, 0.3) is 5.56 Å². The van der Waals surface area contributed by atoms with E-state index in [0.717, 1.165) is 34.1 Å². The van der Waals surface area contributed by atoms with E-state index in [9.17, 15) is 9.35 Å². The minimum atomic E-state index is -1.21. The summed E-state index contributed by atoms with van der Waals surface area (Å²) in [7, 11) is 0. The lowest BCUT2D eigenvalue weighted by atomic mass is 10.1. The van der Waals surface area contributed by atoms with Crippen molar-refractivity contribution in [3.8, 4) is 0 Å². The quantitative estimate of drug-likeness (QED) is 0.660. The Morgan fingerprint density at radius 3 is 2.50 bits per heavy atom. The lowest BCUT2D eigenvalue weighted by Gasteiger charge is -2.15. The standard InChI is InChI=1S/C21H24N2O2S/c1-4-11-23-20-10-9-18(13-19(20)16(3)12-21(23)24)22-26(25)14-17-7-5-15(2)6-8-17/h5-10,12-13,22H,4,11,14H2,1-3H3. The molecule has 0 saturated heterocycles. The third-order valence-corrected chi connectivity index (χ3v) is 5.47. The Balaban J connectivity index is 1.84. The predicted octanol–water partition coefficient (Wildman–Crippen LogP) is 4.30. The smallest absolute Gasteiger partial charge is 0.251 e. The predicted molar refractivity (Wildman–Crippen MR) is 110 cm³/mol. The van der Waals surface area contributed by atoms with Gasteiger partial charge in [0, 0.05) is 23.6 Å². The Morgan fingerprint density at radius 2 is 1.81 bits per heavy atom. The molecule has 3 rings (SSSR count). The fourth-order valence-electron chi connectivity index (χ4n) is 3.07. The summed E-state index contributed by atoms with van der Waals surface area (Å²) >= 11 is -1.21. The maximum atomic E-state index is 12.5. The van der Waals surface area contributed by atoms with Crippen molar-refractivity contribution in [1.29, 1.82) is 0 Å². The van der Waals surface area contributed by atoms with Crippen molar-refractivity contribution >= 4 is 28.0 Å².